The van der Waals surface area contributed by atoms with Crippen LogP contribution >= 0.6 is 0 Å². The Morgan fingerprint density at radius 1 is 1.32 bits per heavy atom. The predicted octanol–water partition coefficient (Wildman–Crippen LogP) is 1.99. The highest BCUT2D eigenvalue weighted by molar-refractivity contribution is 5.77. The van der Waals surface area contributed by atoms with E-state index in [9.17, 15) is 15.0 Å². The minimum Gasteiger partial charge on any atom is -0.481 e. The molecule has 2 unspecified atom stereocenters. The third-order valence-corrected chi connectivity index (χ3v) is 3.12. The van der Waals surface area contributed by atoms with Crippen LogP contribution in [-0.4, -0.2) is 29.1 Å². The summed E-state index contributed by atoms with van der Waals surface area (Å²) in [6, 6.07) is 4.97. The first-order chi connectivity index (χ1) is 8.99. The van der Waals surface area contributed by atoms with Crippen LogP contribution in [0.5, 0.6) is 11.5 Å². The van der Waals surface area contributed by atoms with Crippen LogP contribution in [0.3, 0.4) is 0 Å². The van der Waals surface area contributed by atoms with Crippen LogP contribution in [0.15, 0.2) is 18.2 Å². The van der Waals surface area contributed by atoms with E-state index >= 15 is 0 Å². The van der Waals surface area contributed by atoms with Gasteiger partial charge in [-0.1, -0.05) is 19.9 Å². The second-order valence-corrected chi connectivity index (χ2v) is 5.13. The quantitative estimate of drug-likeness (QED) is 0.852. The summed E-state index contributed by atoms with van der Waals surface area (Å²) < 4.78 is 10.4. The number of carboxylic acid groups (broad SMARTS) is 1. The zero-order valence-electron chi connectivity index (χ0n) is 11.0. The maximum atomic E-state index is 11.4. The van der Waals surface area contributed by atoms with Gasteiger partial charge in [-0.15, -0.1) is 0 Å². The highest BCUT2D eigenvalue weighted by Gasteiger charge is 2.30. The van der Waals surface area contributed by atoms with Gasteiger partial charge in [0.1, 0.15) is 5.92 Å². The lowest BCUT2D eigenvalue weighted by atomic mass is 9.88. The van der Waals surface area contributed by atoms with Crippen LogP contribution in [-0.2, 0) is 4.79 Å². The Morgan fingerprint density at radius 3 is 2.63 bits per heavy atom. The molecule has 104 valence electrons. The number of rotatable bonds is 5. The molecule has 1 aromatic carbocycles. The van der Waals surface area contributed by atoms with Crippen molar-refractivity contribution in [3.8, 4) is 11.5 Å². The molecule has 0 aliphatic carbocycles. The van der Waals surface area contributed by atoms with Gasteiger partial charge >= 0.3 is 5.97 Å². The lowest BCUT2D eigenvalue weighted by molar-refractivity contribution is -0.141. The number of aliphatic hydroxyl groups is 1. The third-order valence-electron chi connectivity index (χ3n) is 3.12. The molecule has 0 saturated carbocycles. The van der Waals surface area contributed by atoms with Crippen LogP contribution in [0.2, 0.25) is 0 Å². The van der Waals surface area contributed by atoms with Gasteiger partial charge in [-0.05, 0) is 30.0 Å². The number of carboxylic acids is 1. The van der Waals surface area contributed by atoms with E-state index in [2.05, 4.69) is 0 Å². The van der Waals surface area contributed by atoms with Crippen molar-refractivity contribution in [3.05, 3.63) is 23.8 Å². The molecular weight excluding hydrogens is 248 g/mol. The summed E-state index contributed by atoms with van der Waals surface area (Å²) in [5, 5.41) is 19.4. The van der Waals surface area contributed by atoms with Gasteiger partial charge in [-0.25, -0.2) is 0 Å². The Hall–Kier alpha value is -1.75. The van der Waals surface area contributed by atoms with Gasteiger partial charge < -0.3 is 19.7 Å². The van der Waals surface area contributed by atoms with Crippen molar-refractivity contribution < 1.29 is 24.5 Å². The van der Waals surface area contributed by atoms with Gasteiger partial charge in [0.15, 0.2) is 11.5 Å². The number of carbonyl (C=O) groups is 1. The van der Waals surface area contributed by atoms with E-state index in [1.54, 1.807) is 18.2 Å². The topological polar surface area (TPSA) is 76.0 Å². The van der Waals surface area contributed by atoms with Gasteiger partial charge in [0.2, 0.25) is 6.79 Å². The average Bonchev–Trinajstić information content (AvgIpc) is 2.74. The number of benzene rings is 1. The van der Waals surface area contributed by atoms with Crippen LogP contribution in [0.4, 0.5) is 0 Å². The first-order valence-corrected chi connectivity index (χ1v) is 6.29. The molecule has 2 atom stereocenters. The lowest BCUT2D eigenvalue weighted by Crippen LogP contribution is -2.27. The largest absolute Gasteiger partial charge is 0.481 e. The van der Waals surface area contributed by atoms with Crippen molar-refractivity contribution in [2.75, 3.05) is 6.79 Å². The van der Waals surface area contributed by atoms with E-state index < -0.39 is 18.0 Å². The number of hydrogen-bond donors (Lipinski definition) is 2. The van der Waals surface area contributed by atoms with E-state index in [1.165, 1.54) is 0 Å². The zero-order valence-corrected chi connectivity index (χ0v) is 11.0. The number of ether oxygens (including phenoxy) is 2. The highest BCUT2D eigenvalue weighted by atomic mass is 16.7. The van der Waals surface area contributed by atoms with Crippen molar-refractivity contribution in [1.82, 2.24) is 0 Å². The molecule has 1 aliphatic heterocycles. The molecule has 0 saturated heterocycles. The molecule has 2 rings (SSSR count). The smallest absolute Gasteiger partial charge is 0.313 e. The summed E-state index contributed by atoms with van der Waals surface area (Å²) in [7, 11) is 0. The maximum absolute atomic E-state index is 11.4. The molecule has 0 spiro atoms. The van der Waals surface area contributed by atoms with E-state index in [4.69, 9.17) is 9.47 Å². The monoisotopic (exact) mass is 266 g/mol. The van der Waals surface area contributed by atoms with Crippen LogP contribution in [0.1, 0.15) is 31.7 Å². The van der Waals surface area contributed by atoms with Crippen molar-refractivity contribution in [1.29, 1.82) is 0 Å². The fourth-order valence-corrected chi connectivity index (χ4v) is 2.25. The van der Waals surface area contributed by atoms with Crippen LogP contribution < -0.4 is 9.47 Å². The Kier molecular flexibility index (Phi) is 3.95. The fourth-order valence-electron chi connectivity index (χ4n) is 2.25. The second-order valence-electron chi connectivity index (χ2n) is 5.13. The molecule has 0 amide bonds. The summed E-state index contributed by atoms with van der Waals surface area (Å²) in [4.78, 5) is 11.4. The molecule has 5 nitrogen and oxygen atoms in total. The fraction of sp³-hybridized carbons (Fsp3) is 0.500. The minimum absolute atomic E-state index is 0.144. The van der Waals surface area contributed by atoms with Crippen molar-refractivity contribution in [3.63, 3.8) is 0 Å². The zero-order chi connectivity index (χ0) is 14.0. The van der Waals surface area contributed by atoms with Gasteiger partial charge in [0, 0.05) is 0 Å². The molecule has 1 heterocycles. The molecule has 1 aromatic rings. The summed E-state index contributed by atoms with van der Waals surface area (Å²) in [5.74, 6) is -0.624. The Labute approximate surface area is 111 Å². The van der Waals surface area contributed by atoms with Crippen LogP contribution in [0.25, 0.3) is 0 Å². The molecule has 2 N–H and O–H groups in total. The first kappa shape index (κ1) is 13.7. The Balaban J connectivity index is 2.26. The van der Waals surface area contributed by atoms with E-state index in [0.29, 0.717) is 23.5 Å². The SMILES string of the molecule is CC(C)CC(O)C(C(=O)O)c1ccc2c(c1)OCO2. The molecule has 0 fully saturated rings. The van der Waals surface area contributed by atoms with Gasteiger partial charge in [0.05, 0.1) is 6.10 Å². The van der Waals surface area contributed by atoms with E-state index in [0.717, 1.165) is 0 Å². The normalized spacial score (nSPS) is 16.4. The average molecular weight is 266 g/mol. The second kappa shape index (κ2) is 5.48. The molecular formula is C14H18O5. The van der Waals surface area contributed by atoms with E-state index in [1.807, 2.05) is 13.8 Å². The van der Waals surface area contributed by atoms with Gasteiger partial charge in [-0.3, -0.25) is 4.79 Å². The summed E-state index contributed by atoms with van der Waals surface area (Å²) in [6.07, 6.45) is -0.483. The summed E-state index contributed by atoms with van der Waals surface area (Å²) in [6.45, 7) is 4.04. The van der Waals surface area contributed by atoms with Crippen molar-refractivity contribution in [2.24, 2.45) is 5.92 Å². The van der Waals surface area contributed by atoms with Crippen molar-refractivity contribution in [2.45, 2.75) is 32.3 Å². The Bertz CT molecular complexity index is 469. The molecule has 0 bridgehead atoms. The predicted molar refractivity (Wildman–Crippen MR) is 68.4 cm³/mol. The lowest BCUT2D eigenvalue weighted by Gasteiger charge is -2.21. The summed E-state index contributed by atoms with van der Waals surface area (Å²) in [5.41, 5.74) is 0.532. The molecule has 0 aromatic heterocycles. The number of aliphatic carboxylic acids is 1. The van der Waals surface area contributed by atoms with E-state index in [-0.39, 0.29) is 12.7 Å². The number of aliphatic hydroxyl groups excluding tert-OH is 1. The number of fused-ring (bicyclic) bond motifs is 1. The maximum Gasteiger partial charge on any atom is 0.313 e. The molecule has 5 heteroatoms. The standard InChI is InChI=1S/C14H18O5/c1-8(2)5-10(15)13(14(16)17)9-3-4-11-12(6-9)19-7-18-11/h3-4,6,8,10,13,15H,5,7H2,1-2H3,(H,16,17). The van der Waals surface area contributed by atoms with Crippen LogP contribution in [0, 0.1) is 5.92 Å². The van der Waals surface area contributed by atoms with Crippen molar-refractivity contribution >= 4 is 5.97 Å². The molecule has 19 heavy (non-hydrogen) atoms. The highest BCUT2D eigenvalue weighted by Crippen LogP contribution is 2.36. The molecule has 0 radical (unpaired) electrons. The minimum atomic E-state index is -1.04. The summed E-state index contributed by atoms with van der Waals surface area (Å²) >= 11 is 0. The first-order valence-electron chi connectivity index (χ1n) is 6.29. The van der Waals surface area contributed by atoms with Gasteiger partial charge in [-0.2, -0.15) is 0 Å². The Morgan fingerprint density at radius 2 is 2.00 bits per heavy atom. The number of hydrogen-bond acceptors (Lipinski definition) is 4. The third kappa shape index (κ3) is 2.98. The molecule has 1 aliphatic rings. The van der Waals surface area contributed by atoms with Gasteiger partial charge in [0.25, 0.3) is 0 Å².